The second-order valence-electron chi connectivity index (χ2n) is 6.84. The lowest BCUT2D eigenvalue weighted by atomic mass is 9.78. The molecule has 116 valence electrons. The SMILES string of the molecule is O=S1(=O)CCC(NCCN2CCCC3CCCCC32)C1. The molecule has 2 aliphatic heterocycles. The van der Waals surface area contributed by atoms with Crippen LogP contribution in [0, 0.1) is 5.92 Å². The van der Waals surface area contributed by atoms with Crippen molar-refractivity contribution < 1.29 is 8.42 Å². The first-order valence-corrected chi connectivity index (χ1v) is 10.1. The number of rotatable bonds is 4. The van der Waals surface area contributed by atoms with Crippen LogP contribution in [-0.4, -0.2) is 56.5 Å². The summed E-state index contributed by atoms with van der Waals surface area (Å²) in [6.07, 6.45) is 9.19. The van der Waals surface area contributed by atoms with E-state index in [1.54, 1.807) is 0 Å². The molecule has 3 fully saturated rings. The minimum Gasteiger partial charge on any atom is -0.312 e. The smallest absolute Gasteiger partial charge is 0.151 e. The Morgan fingerprint density at radius 2 is 1.85 bits per heavy atom. The summed E-state index contributed by atoms with van der Waals surface area (Å²) in [6, 6.07) is 1.01. The number of piperidine rings is 1. The molecule has 0 spiro atoms. The van der Waals surface area contributed by atoms with Gasteiger partial charge < -0.3 is 5.32 Å². The Morgan fingerprint density at radius 1 is 1.05 bits per heavy atom. The van der Waals surface area contributed by atoms with Gasteiger partial charge in [-0.2, -0.15) is 0 Å². The van der Waals surface area contributed by atoms with Gasteiger partial charge in [-0.1, -0.05) is 12.8 Å². The lowest BCUT2D eigenvalue weighted by Gasteiger charge is -2.44. The number of fused-ring (bicyclic) bond motifs is 1. The van der Waals surface area contributed by atoms with Crippen LogP contribution < -0.4 is 5.32 Å². The zero-order valence-electron chi connectivity index (χ0n) is 12.4. The zero-order valence-corrected chi connectivity index (χ0v) is 13.2. The number of nitrogens with zero attached hydrogens (tertiary/aromatic N) is 1. The second kappa shape index (κ2) is 6.32. The lowest BCUT2D eigenvalue weighted by Crippen LogP contribution is -2.49. The highest BCUT2D eigenvalue weighted by Crippen LogP contribution is 2.34. The molecular weight excluding hydrogens is 272 g/mol. The third kappa shape index (κ3) is 3.55. The summed E-state index contributed by atoms with van der Waals surface area (Å²) in [7, 11) is -2.75. The number of hydrogen-bond donors (Lipinski definition) is 1. The van der Waals surface area contributed by atoms with Gasteiger partial charge >= 0.3 is 0 Å². The minimum atomic E-state index is -2.75. The predicted molar refractivity (Wildman–Crippen MR) is 81.6 cm³/mol. The average molecular weight is 300 g/mol. The van der Waals surface area contributed by atoms with Gasteiger partial charge in [-0.05, 0) is 44.6 Å². The fourth-order valence-corrected chi connectivity index (χ4v) is 6.08. The quantitative estimate of drug-likeness (QED) is 0.853. The Morgan fingerprint density at radius 3 is 2.65 bits per heavy atom. The van der Waals surface area contributed by atoms with Crippen LogP contribution in [0.4, 0.5) is 0 Å². The molecule has 0 amide bonds. The molecular formula is C15H28N2O2S. The molecule has 3 unspecified atom stereocenters. The van der Waals surface area contributed by atoms with Crippen LogP contribution in [0.5, 0.6) is 0 Å². The zero-order chi connectivity index (χ0) is 14.0. The standard InChI is InChI=1S/C15H28N2O2S/c18-20(19)11-7-14(12-20)16-8-10-17-9-3-5-13-4-1-2-6-15(13)17/h13-16H,1-12H2. The van der Waals surface area contributed by atoms with Gasteiger partial charge in [-0.25, -0.2) is 8.42 Å². The summed E-state index contributed by atoms with van der Waals surface area (Å²) < 4.78 is 22.9. The highest BCUT2D eigenvalue weighted by atomic mass is 32.2. The topological polar surface area (TPSA) is 49.4 Å². The van der Waals surface area contributed by atoms with Crippen LogP contribution in [0.1, 0.15) is 44.9 Å². The van der Waals surface area contributed by atoms with Crippen molar-refractivity contribution >= 4 is 9.84 Å². The van der Waals surface area contributed by atoms with Crippen molar-refractivity contribution in [2.45, 2.75) is 57.0 Å². The monoisotopic (exact) mass is 300 g/mol. The first-order valence-electron chi connectivity index (χ1n) is 8.32. The number of nitrogens with one attached hydrogen (secondary N) is 1. The van der Waals surface area contributed by atoms with Crippen molar-refractivity contribution in [3.05, 3.63) is 0 Å². The molecule has 0 aromatic carbocycles. The molecule has 0 radical (unpaired) electrons. The van der Waals surface area contributed by atoms with E-state index in [2.05, 4.69) is 10.2 Å². The van der Waals surface area contributed by atoms with Crippen LogP contribution >= 0.6 is 0 Å². The third-order valence-electron chi connectivity index (χ3n) is 5.42. The van der Waals surface area contributed by atoms with Gasteiger partial charge in [0.2, 0.25) is 0 Å². The van der Waals surface area contributed by atoms with Crippen molar-refractivity contribution in [2.75, 3.05) is 31.1 Å². The largest absolute Gasteiger partial charge is 0.312 e. The molecule has 1 saturated carbocycles. The summed E-state index contributed by atoms with van der Waals surface area (Å²) in [5.74, 6) is 1.65. The third-order valence-corrected chi connectivity index (χ3v) is 7.19. The normalized spacial score (nSPS) is 37.7. The molecule has 2 heterocycles. The van der Waals surface area contributed by atoms with E-state index in [0.29, 0.717) is 11.5 Å². The van der Waals surface area contributed by atoms with E-state index in [1.165, 1.54) is 45.1 Å². The lowest BCUT2D eigenvalue weighted by molar-refractivity contribution is 0.0614. The fraction of sp³-hybridized carbons (Fsp3) is 1.00. The molecule has 1 N–H and O–H groups in total. The summed E-state index contributed by atoms with van der Waals surface area (Å²) in [5, 5.41) is 3.46. The van der Waals surface area contributed by atoms with Crippen LogP contribution in [0.15, 0.2) is 0 Å². The minimum absolute atomic E-state index is 0.201. The van der Waals surface area contributed by atoms with Gasteiger partial charge in [0.1, 0.15) is 0 Å². The molecule has 0 aromatic rings. The molecule has 5 heteroatoms. The van der Waals surface area contributed by atoms with Crippen LogP contribution in [0.2, 0.25) is 0 Å². The van der Waals surface area contributed by atoms with Crippen LogP contribution in [0.25, 0.3) is 0 Å². The fourth-order valence-electron chi connectivity index (χ4n) is 4.37. The maximum absolute atomic E-state index is 11.4. The second-order valence-corrected chi connectivity index (χ2v) is 9.07. The van der Waals surface area contributed by atoms with Crippen molar-refractivity contribution in [3.8, 4) is 0 Å². The molecule has 0 bridgehead atoms. The molecule has 20 heavy (non-hydrogen) atoms. The molecule has 0 aromatic heterocycles. The Labute approximate surface area is 123 Å². The van der Waals surface area contributed by atoms with Crippen molar-refractivity contribution in [1.82, 2.24) is 10.2 Å². The van der Waals surface area contributed by atoms with Gasteiger partial charge in [-0.3, -0.25) is 4.90 Å². The van der Waals surface area contributed by atoms with E-state index < -0.39 is 9.84 Å². The maximum atomic E-state index is 11.4. The Bertz CT molecular complexity index is 422. The van der Waals surface area contributed by atoms with E-state index in [1.807, 2.05) is 0 Å². The maximum Gasteiger partial charge on any atom is 0.151 e. The van der Waals surface area contributed by atoms with Gasteiger partial charge in [0, 0.05) is 25.2 Å². The first-order chi connectivity index (χ1) is 9.64. The molecule has 3 rings (SSSR count). The first kappa shape index (κ1) is 14.8. The molecule has 2 saturated heterocycles. The number of likely N-dealkylation sites (tertiary alicyclic amines) is 1. The van der Waals surface area contributed by atoms with E-state index >= 15 is 0 Å². The van der Waals surface area contributed by atoms with E-state index in [4.69, 9.17) is 0 Å². The van der Waals surface area contributed by atoms with E-state index in [-0.39, 0.29) is 6.04 Å². The Kier molecular flexibility index (Phi) is 4.68. The number of hydrogen-bond acceptors (Lipinski definition) is 4. The molecule has 4 nitrogen and oxygen atoms in total. The Balaban J connectivity index is 1.43. The van der Waals surface area contributed by atoms with Crippen molar-refractivity contribution in [2.24, 2.45) is 5.92 Å². The van der Waals surface area contributed by atoms with Gasteiger partial charge in [-0.15, -0.1) is 0 Å². The van der Waals surface area contributed by atoms with Crippen molar-refractivity contribution in [3.63, 3.8) is 0 Å². The Hall–Kier alpha value is -0.130. The number of sulfone groups is 1. The van der Waals surface area contributed by atoms with Crippen LogP contribution in [-0.2, 0) is 9.84 Å². The molecule has 3 aliphatic rings. The summed E-state index contributed by atoms with van der Waals surface area (Å²) in [6.45, 7) is 3.28. The van der Waals surface area contributed by atoms with Gasteiger partial charge in [0.25, 0.3) is 0 Å². The molecule has 3 atom stereocenters. The van der Waals surface area contributed by atoms with Gasteiger partial charge in [0.05, 0.1) is 11.5 Å². The van der Waals surface area contributed by atoms with Gasteiger partial charge in [0.15, 0.2) is 9.84 Å². The average Bonchev–Trinajstić information content (AvgIpc) is 2.79. The van der Waals surface area contributed by atoms with Crippen LogP contribution in [0.3, 0.4) is 0 Å². The van der Waals surface area contributed by atoms with E-state index in [0.717, 1.165) is 31.5 Å². The highest BCUT2D eigenvalue weighted by Gasteiger charge is 2.33. The summed E-state index contributed by atoms with van der Waals surface area (Å²) in [5.41, 5.74) is 0. The highest BCUT2D eigenvalue weighted by molar-refractivity contribution is 7.91. The summed E-state index contributed by atoms with van der Waals surface area (Å²) >= 11 is 0. The molecule has 1 aliphatic carbocycles. The predicted octanol–water partition coefficient (Wildman–Crippen LogP) is 1.42. The van der Waals surface area contributed by atoms with E-state index in [9.17, 15) is 8.42 Å². The van der Waals surface area contributed by atoms with Crippen molar-refractivity contribution in [1.29, 1.82) is 0 Å². The summed E-state index contributed by atoms with van der Waals surface area (Å²) in [4.78, 5) is 2.67.